The second-order valence-corrected chi connectivity index (χ2v) is 4.52. The van der Waals surface area contributed by atoms with Crippen molar-refractivity contribution in [1.29, 1.82) is 0 Å². The molecule has 17 heavy (non-hydrogen) atoms. The van der Waals surface area contributed by atoms with Gasteiger partial charge in [-0.05, 0) is 11.6 Å². The molecule has 0 bridgehead atoms. The van der Waals surface area contributed by atoms with Crippen LogP contribution in [0, 0.1) is 5.41 Å². The number of halogens is 1. The van der Waals surface area contributed by atoms with Crippen LogP contribution in [0.2, 0.25) is 0 Å². The number of aliphatic hydroxyl groups is 1. The van der Waals surface area contributed by atoms with Crippen molar-refractivity contribution in [2.75, 3.05) is 6.61 Å². The fourth-order valence-electron chi connectivity index (χ4n) is 1.48. The number of carboxylic acid groups (broad SMARTS) is 1. The Bertz CT molecular complexity index is 393. The third kappa shape index (κ3) is 3.43. The summed E-state index contributed by atoms with van der Waals surface area (Å²) in [6.45, 7) is 3.51. The third-order valence-electron chi connectivity index (χ3n) is 2.78. The first-order valence-electron chi connectivity index (χ1n) is 5.09. The summed E-state index contributed by atoms with van der Waals surface area (Å²) in [6.07, 6.45) is 0. The lowest BCUT2D eigenvalue weighted by molar-refractivity contribution is 0.0691. The van der Waals surface area contributed by atoms with E-state index in [0.717, 1.165) is 0 Å². The summed E-state index contributed by atoms with van der Waals surface area (Å²) in [7, 11) is 0. The Morgan fingerprint density at radius 1 is 1.41 bits per heavy atom. The number of rotatable bonds is 4. The topological polar surface area (TPSA) is 83.5 Å². The minimum absolute atomic E-state index is 0. The average molecular weight is 260 g/mol. The van der Waals surface area contributed by atoms with Gasteiger partial charge in [-0.1, -0.05) is 32.0 Å². The summed E-state index contributed by atoms with van der Waals surface area (Å²) in [6, 6.07) is 6.10. The van der Waals surface area contributed by atoms with E-state index in [1.165, 1.54) is 6.07 Å². The van der Waals surface area contributed by atoms with Crippen molar-refractivity contribution in [3.05, 3.63) is 35.4 Å². The van der Waals surface area contributed by atoms with E-state index in [1.54, 1.807) is 32.0 Å². The van der Waals surface area contributed by atoms with Crippen molar-refractivity contribution >= 4 is 18.4 Å². The van der Waals surface area contributed by atoms with Gasteiger partial charge in [0.15, 0.2) is 0 Å². The highest BCUT2D eigenvalue weighted by Gasteiger charge is 2.29. The molecule has 96 valence electrons. The van der Waals surface area contributed by atoms with E-state index in [9.17, 15) is 9.90 Å². The molecule has 0 spiro atoms. The van der Waals surface area contributed by atoms with Crippen molar-refractivity contribution < 1.29 is 15.0 Å². The molecule has 0 aromatic heterocycles. The van der Waals surface area contributed by atoms with Crippen molar-refractivity contribution in [2.24, 2.45) is 11.1 Å². The number of aromatic carboxylic acids is 1. The molecule has 4 nitrogen and oxygen atoms in total. The zero-order valence-corrected chi connectivity index (χ0v) is 10.7. The molecule has 5 heteroatoms. The predicted molar refractivity (Wildman–Crippen MR) is 68.4 cm³/mol. The first kappa shape index (κ1) is 15.9. The van der Waals surface area contributed by atoms with Crippen molar-refractivity contribution in [1.82, 2.24) is 0 Å². The Morgan fingerprint density at radius 2 is 1.94 bits per heavy atom. The van der Waals surface area contributed by atoms with Gasteiger partial charge in [-0.3, -0.25) is 0 Å². The molecule has 0 radical (unpaired) electrons. The van der Waals surface area contributed by atoms with E-state index in [4.69, 9.17) is 10.8 Å². The first-order chi connectivity index (χ1) is 7.40. The van der Waals surface area contributed by atoms with Crippen molar-refractivity contribution in [2.45, 2.75) is 19.9 Å². The van der Waals surface area contributed by atoms with E-state index in [2.05, 4.69) is 0 Å². The summed E-state index contributed by atoms with van der Waals surface area (Å²) < 4.78 is 0. The minimum Gasteiger partial charge on any atom is -0.478 e. The smallest absolute Gasteiger partial charge is 0.336 e. The number of benzene rings is 1. The molecule has 1 rings (SSSR count). The molecule has 0 unspecified atom stereocenters. The lowest BCUT2D eigenvalue weighted by Crippen LogP contribution is -2.33. The van der Waals surface area contributed by atoms with Gasteiger partial charge in [-0.2, -0.15) is 0 Å². The van der Waals surface area contributed by atoms with E-state index in [0.29, 0.717) is 5.56 Å². The predicted octanol–water partition coefficient (Wildman–Crippen LogP) is 1.82. The zero-order chi connectivity index (χ0) is 12.3. The minimum atomic E-state index is -1.00. The van der Waals surface area contributed by atoms with Crippen LogP contribution in [0.1, 0.15) is 35.8 Å². The maximum absolute atomic E-state index is 11.0. The van der Waals surface area contributed by atoms with E-state index in [-0.39, 0.29) is 24.6 Å². The van der Waals surface area contributed by atoms with Gasteiger partial charge < -0.3 is 15.9 Å². The molecule has 4 N–H and O–H groups in total. The van der Waals surface area contributed by atoms with Gasteiger partial charge in [-0.25, -0.2) is 4.79 Å². The van der Waals surface area contributed by atoms with Gasteiger partial charge in [0, 0.05) is 18.1 Å². The standard InChI is InChI=1S/C12H17NO3.ClH/c1-12(2,7-14)10(13)8-5-3-4-6-9(8)11(15)16;/h3-6,10,14H,7,13H2,1-2H3,(H,15,16);1H/t10-;/m0./s1. The van der Waals surface area contributed by atoms with E-state index >= 15 is 0 Å². The van der Waals surface area contributed by atoms with Crippen molar-refractivity contribution in [3.8, 4) is 0 Å². The second kappa shape index (κ2) is 6.00. The molecule has 0 fully saturated rings. The molecule has 1 atom stereocenters. The zero-order valence-electron chi connectivity index (χ0n) is 9.88. The maximum atomic E-state index is 11.0. The lowest BCUT2D eigenvalue weighted by atomic mass is 9.80. The Hall–Kier alpha value is -1.10. The van der Waals surface area contributed by atoms with Gasteiger partial charge in [0.1, 0.15) is 0 Å². The van der Waals surface area contributed by atoms with Gasteiger partial charge >= 0.3 is 5.97 Å². The molecule has 0 aliphatic rings. The number of aliphatic hydroxyl groups excluding tert-OH is 1. The van der Waals surface area contributed by atoms with E-state index < -0.39 is 17.4 Å². The molecular formula is C12H18ClNO3. The molecule has 0 aliphatic carbocycles. The number of hydrogen-bond donors (Lipinski definition) is 3. The third-order valence-corrected chi connectivity index (χ3v) is 2.78. The molecule has 0 amide bonds. The number of carbonyl (C=O) groups is 1. The fourth-order valence-corrected chi connectivity index (χ4v) is 1.48. The van der Waals surface area contributed by atoms with Gasteiger partial charge in [-0.15, -0.1) is 12.4 Å². The van der Waals surface area contributed by atoms with Crippen LogP contribution in [-0.4, -0.2) is 22.8 Å². The normalized spacial score (nSPS) is 12.7. The highest BCUT2D eigenvalue weighted by molar-refractivity contribution is 5.89. The highest BCUT2D eigenvalue weighted by Crippen LogP contribution is 2.32. The number of hydrogen-bond acceptors (Lipinski definition) is 3. The summed E-state index contributed by atoms with van der Waals surface area (Å²) in [5.41, 5.74) is 6.19. The second-order valence-electron chi connectivity index (χ2n) is 4.52. The monoisotopic (exact) mass is 259 g/mol. The number of nitrogens with two attached hydrogens (primary N) is 1. The summed E-state index contributed by atoms with van der Waals surface area (Å²) in [4.78, 5) is 11.0. The van der Waals surface area contributed by atoms with E-state index in [1.807, 2.05) is 0 Å². The SMILES string of the molecule is CC(C)(CO)[C@@H](N)c1ccccc1C(=O)O.Cl. The van der Waals surface area contributed by atoms with Crippen LogP contribution in [0.4, 0.5) is 0 Å². The van der Waals surface area contributed by atoms with Crippen LogP contribution in [0.3, 0.4) is 0 Å². The molecule has 0 saturated carbocycles. The average Bonchev–Trinajstić information content (AvgIpc) is 2.28. The van der Waals surface area contributed by atoms with Crippen LogP contribution in [0.5, 0.6) is 0 Å². The Balaban J connectivity index is 0.00000256. The molecule has 0 saturated heterocycles. The van der Waals surface area contributed by atoms with Crippen LogP contribution in [0.25, 0.3) is 0 Å². The van der Waals surface area contributed by atoms with Gasteiger partial charge in [0.2, 0.25) is 0 Å². The first-order valence-corrected chi connectivity index (χ1v) is 5.09. The molecule has 0 aliphatic heterocycles. The summed E-state index contributed by atoms with van der Waals surface area (Å²) in [5.74, 6) is -1.00. The van der Waals surface area contributed by atoms with Gasteiger partial charge in [0.25, 0.3) is 0 Å². The van der Waals surface area contributed by atoms with Crippen LogP contribution in [0.15, 0.2) is 24.3 Å². The molecule has 1 aromatic rings. The quantitative estimate of drug-likeness (QED) is 0.770. The van der Waals surface area contributed by atoms with Gasteiger partial charge in [0.05, 0.1) is 5.56 Å². The Morgan fingerprint density at radius 3 is 2.41 bits per heavy atom. The van der Waals surface area contributed by atoms with Crippen molar-refractivity contribution in [3.63, 3.8) is 0 Å². The largest absolute Gasteiger partial charge is 0.478 e. The molecular weight excluding hydrogens is 242 g/mol. The molecule has 1 aromatic carbocycles. The molecule has 0 heterocycles. The fraction of sp³-hybridized carbons (Fsp3) is 0.417. The lowest BCUT2D eigenvalue weighted by Gasteiger charge is -2.30. The highest BCUT2D eigenvalue weighted by atomic mass is 35.5. The Labute approximate surface area is 107 Å². The van der Waals surface area contributed by atoms with Crippen LogP contribution in [-0.2, 0) is 0 Å². The maximum Gasteiger partial charge on any atom is 0.336 e. The summed E-state index contributed by atoms with van der Waals surface area (Å²) in [5, 5.41) is 18.3. The number of carboxylic acids is 1. The van der Waals surface area contributed by atoms with Crippen LogP contribution < -0.4 is 5.73 Å². The Kier molecular flexibility index (Phi) is 5.61. The summed E-state index contributed by atoms with van der Waals surface area (Å²) >= 11 is 0. The van der Waals surface area contributed by atoms with Crippen LogP contribution >= 0.6 is 12.4 Å².